The number of hydrogen-bond donors (Lipinski definition) is 0. The van der Waals surface area contributed by atoms with Gasteiger partial charge in [-0.1, -0.05) is 49.4 Å². The summed E-state index contributed by atoms with van der Waals surface area (Å²) < 4.78 is 28.1. The van der Waals surface area contributed by atoms with Crippen LogP contribution in [0.15, 0.2) is 48.5 Å². The smallest absolute Gasteiger partial charge is 0.302 e. The van der Waals surface area contributed by atoms with Gasteiger partial charge in [0.15, 0.2) is 5.78 Å². The zero-order chi connectivity index (χ0) is 16.6. The Labute approximate surface area is 132 Å². The molecule has 0 saturated heterocycles. The predicted octanol–water partition coefficient (Wildman–Crippen LogP) is 3.92. The van der Waals surface area contributed by atoms with Crippen LogP contribution >= 0.6 is 0 Å². The Balaban J connectivity index is 1.89. The molecule has 2 aromatic carbocycles. The number of carbonyl (C=O) groups excluding carboxylic acids is 2. The number of carbonyl (C=O) groups is 2. The molecule has 0 aliphatic carbocycles. The minimum absolute atomic E-state index is 0.0191. The largest absolute Gasteiger partial charge is 0.352 e. The molecular formula is C18H15F2NO2. The third-order valence-electron chi connectivity index (χ3n) is 3.98. The maximum atomic E-state index is 14.1. The summed E-state index contributed by atoms with van der Waals surface area (Å²) in [6.07, 6.45) is 0.406. The summed E-state index contributed by atoms with van der Waals surface area (Å²) in [7, 11) is 0. The lowest BCUT2D eigenvalue weighted by Gasteiger charge is -2.17. The highest BCUT2D eigenvalue weighted by Crippen LogP contribution is 2.44. The summed E-state index contributed by atoms with van der Waals surface area (Å²) in [6.45, 7) is 1.82. The van der Waals surface area contributed by atoms with Gasteiger partial charge in [0.05, 0.1) is 17.8 Å². The Morgan fingerprint density at radius 2 is 1.74 bits per heavy atom. The number of anilines is 1. The molecular weight excluding hydrogens is 300 g/mol. The molecule has 5 heteroatoms. The average Bonchev–Trinajstić information content (AvgIpc) is 2.76. The van der Waals surface area contributed by atoms with Crippen LogP contribution in [-0.4, -0.2) is 11.7 Å². The molecule has 0 aromatic heterocycles. The van der Waals surface area contributed by atoms with Crippen LogP contribution in [0.1, 0.15) is 34.8 Å². The molecule has 1 aliphatic rings. The molecule has 3 nitrogen and oxygen atoms in total. The molecule has 1 heterocycles. The van der Waals surface area contributed by atoms with Gasteiger partial charge in [0.25, 0.3) is 0 Å². The Bertz CT molecular complexity index is 769. The van der Waals surface area contributed by atoms with E-state index in [9.17, 15) is 18.4 Å². The maximum Gasteiger partial charge on any atom is 0.352 e. The van der Waals surface area contributed by atoms with E-state index < -0.39 is 11.8 Å². The number of benzene rings is 2. The van der Waals surface area contributed by atoms with Crippen molar-refractivity contribution in [1.82, 2.24) is 0 Å². The standard InChI is InChI=1S/C18H15F2NO2/c1-2-16(22)13-9-7-12(8-10-13)11-21-15-6-4-3-5-14(15)18(19,20)17(21)23/h3-10H,2,11H2,1H3. The van der Waals surface area contributed by atoms with E-state index in [1.807, 2.05) is 0 Å². The van der Waals surface area contributed by atoms with Gasteiger partial charge in [0.2, 0.25) is 0 Å². The van der Waals surface area contributed by atoms with Gasteiger partial charge < -0.3 is 4.90 Å². The second kappa shape index (κ2) is 5.57. The Morgan fingerprint density at radius 1 is 1.09 bits per heavy atom. The molecule has 23 heavy (non-hydrogen) atoms. The summed E-state index contributed by atoms with van der Waals surface area (Å²) >= 11 is 0. The molecule has 0 unspecified atom stereocenters. The highest BCUT2D eigenvalue weighted by molar-refractivity contribution is 6.05. The van der Waals surface area contributed by atoms with Crippen LogP contribution in [-0.2, 0) is 17.3 Å². The van der Waals surface area contributed by atoms with E-state index in [0.29, 0.717) is 17.5 Å². The van der Waals surface area contributed by atoms with Crippen molar-refractivity contribution in [2.45, 2.75) is 25.8 Å². The SMILES string of the molecule is CCC(=O)c1ccc(CN2C(=O)C(F)(F)c3ccccc32)cc1. The fourth-order valence-electron chi connectivity index (χ4n) is 2.71. The van der Waals surface area contributed by atoms with Gasteiger partial charge in [-0.25, -0.2) is 0 Å². The van der Waals surface area contributed by atoms with E-state index in [-0.39, 0.29) is 23.6 Å². The van der Waals surface area contributed by atoms with Crippen molar-refractivity contribution >= 4 is 17.4 Å². The van der Waals surface area contributed by atoms with E-state index in [1.54, 1.807) is 37.3 Å². The molecule has 1 aliphatic heterocycles. The number of para-hydroxylation sites is 1. The maximum absolute atomic E-state index is 14.1. The number of halogens is 2. The van der Waals surface area contributed by atoms with Crippen molar-refractivity contribution in [3.63, 3.8) is 0 Å². The Hall–Kier alpha value is -2.56. The molecule has 2 aromatic rings. The number of fused-ring (bicyclic) bond motifs is 1. The average molecular weight is 315 g/mol. The first-order chi connectivity index (χ1) is 10.9. The predicted molar refractivity (Wildman–Crippen MR) is 82.6 cm³/mol. The number of amides is 1. The van der Waals surface area contributed by atoms with Gasteiger partial charge in [0, 0.05) is 12.0 Å². The highest BCUT2D eigenvalue weighted by Gasteiger charge is 2.52. The minimum atomic E-state index is -3.49. The number of nitrogens with zero attached hydrogens (tertiary/aromatic N) is 1. The van der Waals surface area contributed by atoms with Crippen molar-refractivity contribution in [1.29, 1.82) is 0 Å². The first kappa shape index (κ1) is 15.3. The van der Waals surface area contributed by atoms with Gasteiger partial charge in [-0.15, -0.1) is 0 Å². The molecule has 0 bridgehead atoms. The molecule has 0 fully saturated rings. The summed E-state index contributed by atoms with van der Waals surface area (Å²) in [5.74, 6) is -4.69. The van der Waals surface area contributed by atoms with E-state index in [0.717, 1.165) is 4.90 Å². The van der Waals surface area contributed by atoms with Gasteiger partial charge in [0.1, 0.15) is 0 Å². The third kappa shape index (κ3) is 2.52. The van der Waals surface area contributed by atoms with Crippen LogP contribution in [0.4, 0.5) is 14.5 Å². The van der Waals surface area contributed by atoms with Crippen LogP contribution in [0.3, 0.4) is 0 Å². The number of alkyl halides is 2. The zero-order valence-corrected chi connectivity index (χ0v) is 12.6. The normalized spacial score (nSPS) is 15.6. The lowest BCUT2D eigenvalue weighted by molar-refractivity contribution is -0.141. The van der Waals surface area contributed by atoms with Crippen molar-refractivity contribution in [3.05, 3.63) is 65.2 Å². The fourth-order valence-corrected chi connectivity index (χ4v) is 2.71. The molecule has 3 rings (SSSR count). The monoisotopic (exact) mass is 315 g/mol. The lowest BCUT2D eigenvalue weighted by atomic mass is 10.1. The second-order valence-corrected chi connectivity index (χ2v) is 5.46. The number of Topliss-reactive ketones (excluding diaryl/α,β-unsaturated/α-hetero) is 1. The number of rotatable bonds is 4. The second-order valence-electron chi connectivity index (χ2n) is 5.46. The molecule has 1 amide bonds. The van der Waals surface area contributed by atoms with Crippen LogP contribution in [0.25, 0.3) is 0 Å². The van der Waals surface area contributed by atoms with Crippen molar-refractivity contribution in [2.24, 2.45) is 0 Å². The third-order valence-corrected chi connectivity index (χ3v) is 3.98. The topological polar surface area (TPSA) is 37.4 Å². The van der Waals surface area contributed by atoms with E-state index in [1.165, 1.54) is 18.2 Å². The Kier molecular flexibility index (Phi) is 3.72. The van der Waals surface area contributed by atoms with Crippen LogP contribution in [0, 0.1) is 0 Å². The van der Waals surface area contributed by atoms with Crippen LogP contribution < -0.4 is 4.90 Å². The lowest BCUT2D eigenvalue weighted by Crippen LogP contribution is -2.34. The molecule has 0 saturated carbocycles. The first-order valence-electron chi connectivity index (χ1n) is 7.36. The Morgan fingerprint density at radius 3 is 2.39 bits per heavy atom. The van der Waals surface area contributed by atoms with E-state index >= 15 is 0 Å². The van der Waals surface area contributed by atoms with E-state index in [2.05, 4.69) is 0 Å². The molecule has 0 atom stereocenters. The van der Waals surface area contributed by atoms with Crippen LogP contribution in [0.5, 0.6) is 0 Å². The van der Waals surface area contributed by atoms with E-state index in [4.69, 9.17) is 0 Å². The highest BCUT2D eigenvalue weighted by atomic mass is 19.3. The van der Waals surface area contributed by atoms with Crippen molar-refractivity contribution in [3.8, 4) is 0 Å². The van der Waals surface area contributed by atoms with Crippen molar-refractivity contribution < 1.29 is 18.4 Å². The van der Waals surface area contributed by atoms with Gasteiger partial charge in [-0.3, -0.25) is 9.59 Å². The zero-order valence-electron chi connectivity index (χ0n) is 12.6. The van der Waals surface area contributed by atoms with Crippen molar-refractivity contribution in [2.75, 3.05) is 4.90 Å². The molecule has 0 spiro atoms. The summed E-state index contributed by atoms with van der Waals surface area (Å²) in [4.78, 5) is 24.7. The van der Waals surface area contributed by atoms with Gasteiger partial charge >= 0.3 is 11.8 Å². The molecule has 0 radical (unpaired) electrons. The minimum Gasteiger partial charge on any atom is -0.302 e. The quantitative estimate of drug-likeness (QED) is 0.802. The van der Waals surface area contributed by atoms with Crippen LogP contribution in [0.2, 0.25) is 0 Å². The summed E-state index contributed by atoms with van der Waals surface area (Å²) in [5, 5.41) is 0. The van der Waals surface area contributed by atoms with Gasteiger partial charge in [-0.2, -0.15) is 8.78 Å². The summed E-state index contributed by atoms with van der Waals surface area (Å²) in [6, 6.07) is 12.6. The van der Waals surface area contributed by atoms with Gasteiger partial charge in [-0.05, 0) is 11.6 Å². The molecule has 0 N–H and O–H groups in total. The molecule has 118 valence electrons. The fraction of sp³-hybridized carbons (Fsp3) is 0.222. The number of ketones is 1. The number of hydrogen-bond acceptors (Lipinski definition) is 2. The summed E-state index contributed by atoms with van der Waals surface area (Å²) in [5.41, 5.74) is 1.24. The first-order valence-corrected chi connectivity index (χ1v) is 7.36.